The number of rotatable bonds is 2. The monoisotopic (exact) mass is 280 g/mol. The van der Waals surface area contributed by atoms with Crippen LogP contribution >= 0.6 is 0 Å². The van der Waals surface area contributed by atoms with Crippen molar-refractivity contribution in [3.63, 3.8) is 0 Å². The van der Waals surface area contributed by atoms with E-state index in [1.54, 1.807) is 18.6 Å². The molecule has 1 unspecified atom stereocenters. The molecule has 106 valence electrons. The molecule has 0 amide bonds. The van der Waals surface area contributed by atoms with Gasteiger partial charge in [-0.25, -0.2) is 19.9 Å². The third kappa shape index (κ3) is 2.22. The first kappa shape index (κ1) is 12.3. The summed E-state index contributed by atoms with van der Waals surface area (Å²) < 4.78 is 2.08. The van der Waals surface area contributed by atoms with Gasteiger partial charge in [-0.15, -0.1) is 0 Å². The Morgan fingerprint density at radius 3 is 2.76 bits per heavy atom. The number of hydrogen-bond acceptors (Lipinski definition) is 5. The summed E-state index contributed by atoms with van der Waals surface area (Å²) >= 11 is 0. The zero-order valence-corrected chi connectivity index (χ0v) is 11.6. The van der Waals surface area contributed by atoms with E-state index in [-0.39, 0.29) is 0 Å². The van der Waals surface area contributed by atoms with Gasteiger partial charge < -0.3 is 4.90 Å². The fraction of sp³-hybridized carbons (Fsp3) is 0.333. The van der Waals surface area contributed by atoms with E-state index in [0.29, 0.717) is 5.92 Å². The Hall–Kier alpha value is -2.50. The van der Waals surface area contributed by atoms with Crippen molar-refractivity contribution in [1.82, 2.24) is 24.3 Å². The van der Waals surface area contributed by atoms with Crippen LogP contribution in [0.15, 0.2) is 43.1 Å². The van der Waals surface area contributed by atoms with Crippen LogP contribution in [0, 0.1) is 0 Å². The maximum Gasteiger partial charge on any atom is 0.233 e. The topological polar surface area (TPSA) is 59.2 Å². The molecule has 0 spiro atoms. The second-order valence-electron chi connectivity index (χ2n) is 5.30. The van der Waals surface area contributed by atoms with E-state index in [2.05, 4.69) is 35.3 Å². The lowest BCUT2D eigenvalue weighted by molar-refractivity contribution is 0.491. The number of piperidine rings is 1. The highest BCUT2D eigenvalue weighted by atomic mass is 15.3. The Morgan fingerprint density at radius 1 is 1.00 bits per heavy atom. The van der Waals surface area contributed by atoms with Gasteiger partial charge in [0.15, 0.2) is 0 Å². The number of aromatic nitrogens is 5. The molecular formula is C15H16N6. The molecule has 21 heavy (non-hydrogen) atoms. The maximum absolute atomic E-state index is 4.37. The van der Waals surface area contributed by atoms with Crippen LogP contribution in [0.25, 0.3) is 5.78 Å². The van der Waals surface area contributed by atoms with E-state index < -0.39 is 0 Å². The number of nitrogens with zero attached hydrogens (tertiary/aromatic N) is 6. The Bertz CT molecular complexity index is 738. The van der Waals surface area contributed by atoms with E-state index in [9.17, 15) is 0 Å². The minimum atomic E-state index is 0.447. The first-order valence-corrected chi connectivity index (χ1v) is 7.22. The molecule has 4 rings (SSSR count). The lowest BCUT2D eigenvalue weighted by Crippen LogP contribution is -2.36. The largest absolute Gasteiger partial charge is 0.340 e. The van der Waals surface area contributed by atoms with E-state index >= 15 is 0 Å². The molecule has 4 heterocycles. The molecule has 3 aromatic rings. The van der Waals surface area contributed by atoms with Crippen LogP contribution < -0.4 is 4.90 Å². The van der Waals surface area contributed by atoms with Crippen LogP contribution in [0.3, 0.4) is 0 Å². The number of imidazole rings is 1. The minimum absolute atomic E-state index is 0.447. The van der Waals surface area contributed by atoms with E-state index in [1.165, 1.54) is 12.1 Å². The summed E-state index contributed by atoms with van der Waals surface area (Å²) in [6.07, 6.45) is 11.5. The van der Waals surface area contributed by atoms with Gasteiger partial charge in [0, 0.05) is 55.7 Å². The van der Waals surface area contributed by atoms with Crippen molar-refractivity contribution >= 4 is 11.7 Å². The van der Waals surface area contributed by atoms with Crippen molar-refractivity contribution in [2.75, 3.05) is 18.0 Å². The van der Waals surface area contributed by atoms with Gasteiger partial charge in [-0.05, 0) is 25.0 Å². The van der Waals surface area contributed by atoms with Crippen molar-refractivity contribution in [2.24, 2.45) is 0 Å². The van der Waals surface area contributed by atoms with Crippen LogP contribution in [0.4, 0.5) is 5.95 Å². The molecule has 6 nitrogen and oxygen atoms in total. The van der Waals surface area contributed by atoms with Gasteiger partial charge in [0.1, 0.15) is 0 Å². The van der Waals surface area contributed by atoms with E-state index in [1.807, 2.05) is 18.5 Å². The molecule has 3 aromatic heterocycles. The summed E-state index contributed by atoms with van der Waals surface area (Å²) in [5.41, 5.74) is 1.26. The van der Waals surface area contributed by atoms with E-state index in [4.69, 9.17) is 0 Å². The zero-order chi connectivity index (χ0) is 14.1. The van der Waals surface area contributed by atoms with Gasteiger partial charge in [0.05, 0.1) is 0 Å². The van der Waals surface area contributed by atoms with Crippen molar-refractivity contribution < 1.29 is 0 Å². The highest BCUT2D eigenvalue weighted by Gasteiger charge is 2.24. The Balaban J connectivity index is 1.65. The first-order chi connectivity index (χ1) is 10.4. The summed E-state index contributed by atoms with van der Waals surface area (Å²) in [6.45, 7) is 1.94. The van der Waals surface area contributed by atoms with Crippen molar-refractivity contribution in [3.8, 4) is 0 Å². The van der Waals surface area contributed by atoms with Gasteiger partial charge in [-0.2, -0.15) is 0 Å². The Kier molecular flexibility index (Phi) is 2.99. The third-order valence-corrected chi connectivity index (χ3v) is 4.01. The zero-order valence-electron chi connectivity index (χ0n) is 11.6. The van der Waals surface area contributed by atoms with Crippen molar-refractivity contribution in [2.45, 2.75) is 18.8 Å². The molecule has 0 aliphatic carbocycles. The Labute approximate surface area is 122 Å². The number of fused-ring (bicyclic) bond motifs is 1. The van der Waals surface area contributed by atoms with Crippen molar-refractivity contribution in [1.29, 1.82) is 0 Å². The van der Waals surface area contributed by atoms with Gasteiger partial charge >= 0.3 is 0 Å². The van der Waals surface area contributed by atoms with Crippen LogP contribution in [0.2, 0.25) is 0 Å². The van der Waals surface area contributed by atoms with Crippen LogP contribution in [0.1, 0.15) is 24.5 Å². The lowest BCUT2D eigenvalue weighted by Gasteiger charge is -2.33. The molecule has 1 atom stereocenters. The minimum Gasteiger partial charge on any atom is -0.340 e. The summed E-state index contributed by atoms with van der Waals surface area (Å²) in [6, 6.07) is 3.94. The quantitative estimate of drug-likeness (QED) is 0.717. The van der Waals surface area contributed by atoms with Crippen LogP contribution in [0.5, 0.6) is 0 Å². The molecule has 6 heteroatoms. The molecule has 1 saturated heterocycles. The fourth-order valence-corrected chi connectivity index (χ4v) is 3.04. The molecule has 1 fully saturated rings. The lowest BCUT2D eigenvalue weighted by atomic mass is 9.94. The van der Waals surface area contributed by atoms with Crippen LogP contribution in [-0.2, 0) is 0 Å². The SMILES string of the molecule is c1cnc(N2CCCC(c3ccnc4nccn34)C2)nc1. The third-order valence-electron chi connectivity index (χ3n) is 4.01. The predicted octanol–water partition coefficient (Wildman–Crippen LogP) is 1.90. The van der Waals surface area contributed by atoms with Crippen molar-refractivity contribution in [3.05, 3.63) is 48.8 Å². The standard InChI is InChI=1S/C15H16N6/c1-3-12(11-20(9-1)14-16-5-2-6-17-14)13-4-7-18-15-19-8-10-21(13)15/h2,4-8,10,12H,1,3,9,11H2. The summed E-state index contributed by atoms with van der Waals surface area (Å²) in [4.78, 5) is 19.5. The first-order valence-electron chi connectivity index (χ1n) is 7.22. The summed E-state index contributed by atoms with van der Waals surface area (Å²) in [7, 11) is 0. The second-order valence-corrected chi connectivity index (χ2v) is 5.30. The van der Waals surface area contributed by atoms with Gasteiger partial charge in [-0.1, -0.05) is 0 Å². The highest BCUT2D eigenvalue weighted by Crippen LogP contribution is 2.28. The summed E-state index contributed by atoms with van der Waals surface area (Å²) in [5, 5.41) is 0. The van der Waals surface area contributed by atoms with Crippen LogP contribution in [-0.4, -0.2) is 37.4 Å². The highest BCUT2D eigenvalue weighted by molar-refractivity contribution is 5.35. The molecule has 0 N–H and O–H groups in total. The smallest absolute Gasteiger partial charge is 0.233 e. The predicted molar refractivity (Wildman–Crippen MR) is 79.2 cm³/mol. The molecule has 0 aromatic carbocycles. The number of hydrogen-bond donors (Lipinski definition) is 0. The number of anilines is 1. The molecule has 0 bridgehead atoms. The molecule has 0 saturated carbocycles. The molecular weight excluding hydrogens is 264 g/mol. The summed E-state index contributed by atoms with van der Waals surface area (Å²) in [5.74, 6) is 2.03. The average molecular weight is 280 g/mol. The van der Waals surface area contributed by atoms with Gasteiger partial charge in [0.2, 0.25) is 11.7 Å². The van der Waals surface area contributed by atoms with Gasteiger partial charge in [0.25, 0.3) is 0 Å². The molecule has 1 aliphatic heterocycles. The Morgan fingerprint density at radius 2 is 1.86 bits per heavy atom. The fourth-order valence-electron chi connectivity index (χ4n) is 3.04. The second kappa shape index (κ2) is 5.12. The van der Waals surface area contributed by atoms with E-state index in [0.717, 1.165) is 31.2 Å². The molecule has 0 radical (unpaired) electrons. The average Bonchev–Trinajstić information content (AvgIpc) is 3.04. The molecule has 1 aliphatic rings. The maximum atomic E-state index is 4.37. The normalized spacial score (nSPS) is 19.0. The van der Waals surface area contributed by atoms with Gasteiger partial charge in [-0.3, -0.25) is 4.40 Å².